The minimum Gasteiger partial charge on any atom is -0.391 e. The monoisotopic (exact) mass is 441 g/mol. The van der Waals surface area contributed by atoms with Crippen LogP contribution in [0, 0.1) is 5.82 Å². The van der Waals surface area contributed by atoms with Crippen molar-refractivity contribution in [2.75, 3.05) is 26.2 Å². The molecule has 2 rings (SSSR count). The number of likely N-dealkylation sites (tertiary alicyclic amines) is 1. The van der Waals surface area contributed by atoms with Gasteiger partial charge in [0.2, 0.25) is 0 Å². The summed E-state index contributed by atoms with van der Waals surface area (Å²) in [5.74, 6) is 0.473. The molecule has 22 heavy (non-hydrogen) atoms. The van der Waals surface area contributed by atoms with E-state index in [9.17, 15) is 9.50 Å². The van der Waals surface area contributed by atoms with E-state index < -0.39 is 0 Å². The molecule has 0 aliphatic carbocycles. The molecule has 1 heterocycles. The van der Waals surface area contributed by atoms with Crippen LogP contribution in [0.1, 0.15) is 18.9 Å². The summed E-state index contributed by atoms with van der Waals surface area (Å²) in [4.78, 5) is 6.53. The van der Waals surface area contributed by atoms with E-state index in [2.05, 4.69) is 10.3 Å². The Morgan fingerprint density at radius 2 is 2.32 bits per heavy atom. The zero-order chi connectivity index (χ0) is 15.2. The molecular formula is C15H22ClFIN3O. The predicted octanol–water partition coefficient (Wildman–Crippen LogP) is 2.67. The third kappa shape index (κ3) is 5.24. The maximum absolute atomic E-state index is 13.7. The number of aliphatic hydroxyl groups excluding tert-OH is 1. The molecular weight excluding hydrogens is 420 g/mol. The zero-order valence-corrected chi connectivity index (χ0v) is 15.6. The molecule has 0 unspecified atom stereocenters. The second-order valence-electron chi connectivity index (χ2n) is 5.07. The summed E-state index contributed by atoms with van der Waals surface area (Å²) in [5, 5.41) is 13.2. The lowest BCUT2D eigenvalue weighted by Crippen LogP contribution is -2.40. The van der Waals surface area contributed by atoms with Crippen molar-refractivity contribution >= 4 is 41.5 Å². The number of nitrogens with one attached hydrogen (secondary N) is 1. The van der Waals surface area contributed by atoms with Crippen molar-refractivity contribution in [1.82, 2.24) is 10.2 Å². The molecule has 1 atom stereocenters. The van der Waals surface area contributed by atoms with Crippen molar-refractivity contribution in [2.45, 2.75) is 25.9 Å². The molecule has 7 heteroatoms. The molecule has 4 nitrogen and oxygen atoms in total. The van der Waals surface area contributed by atoms with Crippen molar-refractivity contribution < 1.29 is 9.50 Å². The number of aliphatic imine (C=N–C) groups is 1. The molecule has 1 saturated heterocycles. The maximum Gasteiger partial charge on any atom is 0.194 e. The third-order valence-electron chi connectivity index (χ3n) is 3.48. The lowest BCUT2D eigenvalue weighted by atomic mass is 10.1. The van der Waals surface area contributed by atoms with Crippen molar-refractivity contribution in [1.29, 1.82) is 0 Å². The normalized spacial score (nSPS) is 18.3. The minimum atomic E-state index is -0.296. The van der Waals surface area contributed by atoms with E-state index in [0.29, 0.717) is 30.1 Å². The minimum absolute atomic E-state index is 0. The first-order valence-corrected chi connectivity index (χ1v) is 7.63. The van der Waals surface area contributed by atoms with E-state index in [1.807, 2.05) is 11.8 Å². The first-order chi connectivity index (χ1) is 10.1. The van der Waals surface area contributed by atoms with Gasteiger partial charge in [0, 0.05) is 36.8 Å². The summed E-state index contributed by atoms with van der Waals surface area (Å²) in [7, 11) is 0. The molecule has 2 N–H and O–H groups in total. The summed E-state index contributed by atoms with van der Waals surface area (Å²) in [6, 6.07) is 4.69. The summed E-state index contributed by atoms with van der Waals surface area (Å²) in [6.07, 6.45) is 0.912. The molecule has 0 radical (unpaired) electrons. The molecule has 0 amide bonds. The van der Waals surface area contributed by atoms with Crippen LogP contribution < -0.4 is 5.32 Å². The Morgan fingerprint density at radius 3 is 2.91 bits per heavy atom. The summed E-state index contributed by atoms with van der Waals surface area (Å²) >= 11 is 6.00. The van der Waals surface area contributed by atoms with Crippen molar-refractivity contribution in [3.05, 3.63) is 34.6 Å². The predicted molar refractivity (Wildman–Crippen MR) is 98.7 cm³/mol. The molecule has 124 valence electrons. The van der Waals surface area contributed by atoms with Crippen LogP contribution >= 0.6 is 35.6 Å². The molecule has 0 aromatic heterocycles. The highest BCUT2D eigenvalue weighted by atomic mass is 127. The highest BCUT2D eigenvalue weighted by Gasteiger charge is 2.22. The molecule has 1 aromatic carbocycles. The quantitative estimate of drug-likeness (QED) is 0.429. The van der Waals surface area contributed by atoms with E-state index >= 15 is 0 Å². The lowest BCUT2D eigenvalue weighted by molar-refractivity contribution is 0.188. The van der Waals surface area contributed by atoms with E-state index in [-0.39, 0.29) is 35.9 Å². The third-order valence-corrected chi connectivity index (χ3v) is 3.84. The van der Waals surface area contributed by atoms with Crippen LogP contribution in [-0.4, -0.2) is 48.2 Å². The number of hydrogen-bond acceptors (Lipinski definition) is 2. The number of benzene rings is 1. The Labute approximate surface area is 152 Å². The second kappa shape index (κ2) is 9.52. The number of rotatable bonds is 4. The van der Waals surface area contributed by atoms with Crippen molar-refractivity contribution in [3.63, 3.8) is 0 Å². The summed E-state index contributed by atoms with van der Waals surface area (Å²) in [5.41, 5.74) is 0.500. The molecule has 0 spiro atoms. The fourth-order valence-electron chi connectivity index (χ4n) is 2.40. The van der Waals surface area contributed by atoms with E-state index in [0.717, 1.165) is 25.5 Å². The number of guanidine groups is 1. The fourth-order valence-corrected chi connectivity index (χ4v) is 2.66. The average molecular weight is 442 g/mol. The standard InChI is InChI=1S/C15H21ClFN3O.HI/c1-2-18-15(20-9-7-11(21)10-20)19-8-6-12-13(16)4-3-5-14(12)17;/h3-5,11,21H,2,6-10H2,1H3,(H,18,19);1H/t11-;/m1./s1. The smallest absolute Gasteiger partial charge is 0.194 e. The number of hydrogen-bond donors (Lipinski definition) is 2. The maximum atomic E-state index is 13.7. The topological polar surface area (TPSA) is 47.9 Å². The Morgan fingerprint density at radius 1 is 1.55 bits per heavy atom. The zero-order valence-electron chi connectivity index (χ0n) is 12.6. The van der Waals surface area contributed by atoms with Gasteiger partial charge in [0.1, 0.15) is 5.82 Å². The van der Waals surface area contributed by atoms with Gasteiger partial charge in [0.15, 0.2) is 5.96 Å². The number of nitrogens with zero attached hydrogens (tertiary/aromatic N) is 2. The van der Waals surface area contributed by atoms with Gasteiger partial charge in [0.25, 0.3) is 0 Å². The van der Waals surface area contributed by atoms with E-state index in [1.54, 1.807) is 12.1 Å². The Kier molecular flexibility index (Phi) is 8.41. The molecule has 0 bridgehead atoms. The Bertz CT molecular complexity index is 495. The molecule has 1 fully saturated rings. The molecule has 0 saturated carbocycles. The van der Waals surface area contributed by atoms with Gasteiger partial charge in [0.05, 0.1) is 6.10 Å². The first-order valence-electron chi connectivity index (χ1n) is 7.26. The number of aliphatic hydroxyl groups is 1. The molecule has 1 aromatic rings. The largest absolute Gasteiger partial charge is 0.391 e. The van der Waals surface area contributed by atoms with Gasteiger partial charge >= 0.3 is 0 Å². The lowest BCUT2D eigenvalue weighted by Gasteiger charge is -2.21. The van der Waals surface area contributed by atoms with Gasteiger partial charge in [-0.3, -0.25) is 4.99 Å². The highest BCUT2D eigenvalue weighted by Crippen LogP contribution is 2.19. The van der Waals surface area contributed by atoms with Gasteiger partial charge in [-0.15, -0.1) is 24.0 Å². The SMILES string of the molecule is CCNC(=NCCc1c(F)cccc1Cl)N1CC[C@@H](O)C1.I. The first kappa shape index (κ1) is 19.4. The fraction of sp³-hybridized carbons (Fsp3) is 0.533. The molecule has 1 aliphatic heterocycles. The number of β-amino-alcohol motifs (C(OH)–C–C–N with tert-alkyl or cyclic N) is 1. The number of halogens is 3. The highest BCUT2D eigenvalue weighted by molar-refractivity contribution is 14.0. The van der Waals surface area contributed by atoms with Gasteiger partial charge in [-0.1, -0.05) is 17.7 Å². The van der Waals surface area contributed by atoms with Crippen LogP contribution in [0.25, 0.3) is 0 Å². The van der Waals surface area contributed by atoms with Crippen LogP contribution in [-0.2, 0) is 6.42 Å². The summed E-state index contributed by atoms with van der Waals surface area (Å²) < 4.78 is 13.7. The summed E-state index contributed by atoms with van der Waals surface area (Å²) in [6.45, 7) is 4.58. The van der Waals surface area contributed by atoms with Gasteiger partial charge < -0.3 is 15.3 Å². The average Bonchev–Trinajstić information content (AvgIpc) is 2.87. The van der Waals surface area contributed by atoms with Gasteiger partial charge in [-0.2, -0.15) is 0 Å². The van der Waals surface area contributed by atoms with Crippen molar-refractivity contribution in [3.8, 4) is 0 Å². The van der Waals surface area contributed by atoms with Crippen molar-refractivity contribution in [2.24, 2.45) is 4.99 Å². The Hall–Kier alpha value is -0.600. The van der Waals surface area contributed by atoms with Gasteiger partial charge in [-0.25, -0.2) is 4.39 Å². The van der Waals surface area contributed by atoms with E-state index in [4.69, 9.17) is 11.6 Å². The Balaban J connectivity index is 0.00000242. The molecule has 1 aliphatic rings. The second-order valence-corrected chi connectivity index (χ2v) is 5.48. The van der Waals surface area contributed by atoms with Crippen LogP contribution in [0.5, 0.6) is 0 Å². The van der Waals surface area contributed by atoms with Crippen LogP contribution in [0.15, 0.2) is 23.2 Å². The van der Waals surface area contributed by atoms with Crippen LogP contribution in [0.3, 0.4) is 0 Å². The van der Waals surface area contributed by atoms with Gasteiger partial charge in [-0.05, 0) is 31.9 Å². The van der Waals surface area contributed by atoms with Crippen LogP contribution in [0.2, 0.25) is 5.02 Å². The van der Waals surface area contributed by atoms with E-state index in [1.165, 1.54) is 6.07 Å². The van der Waals surface area contributed by atoms with Crippen LogP contribution in [0.4, 0.5) is 4.39 Å².